The van der Waals surface area contributed by atoms with Gasteiger partial charge >= 0.3 is 0 Å². The van der Waals surface area contributed by atoms with Gasteiger partial charge in [-0.15, -0.1) is 0 Å². The van der Waals surface area contributed by atoms with Crippen LogP contribution in [-0.2, 0) is 9.59 Å². The van der Waals surface area contributed by atoms with Crippen LogP contribution in [0.1, 0.15) is 5.56 Å². The molecule has 1 rings (SSSR count). The molecule has 0 radical (unpaired) electrons. The predicted octanol–water partition coefficient (Wildman–Crippen LogP) is -0.646. The van der Waals surface area contributed by atoms with Crippen molar-refractivity contribution in [1.82, 2.24) is 0 Å². The van der Waals surface area contributed by atoms with Gasteiger partial charge in [-0.3, -0.25) is 9.59 Å². The van der Waals surface area contributed by atoms with Gasteiger partial charge in [0.15, 0.2) is 0 Å². The van der Waals surface area contributed by atoms with Gasteiger partial charge in [0.2, 0.25) is 11.8 Å². The van der Waals surface area contributed by atoms with Crippen molar-refractivity contribution in [2.45, 2.75) is 6.92 Å². The molecule has 0 atom stereocenters. The van der Waals surface area contributed by atoms with Crippen molar-refractivity contribution in [2.75, 3.05) is 23.7 Å². The maximum Gasteiger partial charge on any atom is 0.236 e. The van der Waals surface area contributed by atoms with E-state index in [0.29, 0.717) is 11.4 Å². The summed E-state index contributed by atoms with van der Waals surface area (Å²) < 4.78 is 0. The number of nitrogens with zero attached hydrogens (tertiary/aromatic N) is 1. The fourth-order valence-corrected chi connectivity index (χ4v) is 1.54. The van der Waals surface area contributed by atoms with Crippen LogP contribution in [0.2, 0.25) is 0 Å². The smallest absolute Gasteiger partial charge is 0.236 e. The van der Waals surface area contributed by atoms with Crippen molar-refractivity contribution in [2.24, 2.45) is 11.5 Å². The number of nitrogen functional groups attached to an aromatic ring is 1. The summed E-state index contributed by atoms with van der Waals surface area (Å²) in [6, 6.07) is 5.34. The second-order valence-electron chi connectivity index (χ2n) is 3.80. The lowest BCUT2D eigenvalue weighted by Gasteiger charge is -2.23. The molecule has 0 spiro atoms. The van der Waals surface area contributed by atoms with E-state index in [1.54, 1.807) is 12.1 Å². The van der Waals surface area contributed by atoms with Crippen LogP contribution in [0.25, 0.3) is 0 Å². The Morgan fingerprint density at radius 2 is 1.71 bits per heavy atom. The van der Waals surface area contributed by atoms with E-state index in [0.717, 1.165) is 5.56 Å². The van der Waals surface area contributed by atoms with E-state index in [9.17, 15) is 9.59 Å². The fraction of sp³-hybridized carbons (Fsp3) is 0.273. The SMILES string of the molecule is Cc1cccc(N(CC(N)=O)CC(N)=O)c1N. The topological polar surface area (TPSA) is 115 Å². The Hall–Kier alpha value is -2.24. The third-order valence-corrected chi connectivity index (χ3v) is 2.34. The third kappa shape index (κ3) is 3.37. The summed E-state index contributed by atoms with van der Waals surface area (Å²) in [4.78, 5) is 23.4. The Bertz CT molecular complexity index is 429. The number of para-hydroxylation sites is 1. The summed E-state index contributed by atoms with van der Waals surface area (Å²) in [6.07, 6.45) is 0. The van der Waals surface area contributed by atoms with Gasteiger partial charge in [-0.05, 0) is 18.6 Å². The number of primary amides is 2. The average Bonchev–Trinajstić information content (AvgIpc) is 2.19. The molecule has 1 aromatic carbocycles. The van der Waals surface area contributed by atoms with Crippen molar-refractivity contribution in [3.8, 4) is 0 Å². The molecular formula is C11H16N4O2. The molecule has 0 bridgehead atoms. The van der Waals surface area contributed by atoms with Gasteiger partial charge in [0.1, 0.15) is 0 Å². The Kier molecular flexibility index (Phi) is 3.92. The highest BCUT2D eigenvalue weighted by Crippen LogP contribution is 2.25. The summed E-state index contributed by atoms with van der Waals surface area (Å²) >= 11 is 0. The van der Waals surface area contributed by atoms with Crippen LogP contribution in [0, 0.1) is 6.92 Å². The number of hydrogen-bond acceptors (Lipinski definition) is 4. The van der Waals surface area contributed by atoms with Gasteiger partial charge in [0, 0.05) is 0 Å². The predicted molar refractivity (Wildman–Crippen MR) is 66.2 cm³/mol. The molecule has 0 fully saturated rings. The van der Waals surface area contributed by atoms with Crippen LogP contribution in [0.4, 0.5) is 11.4 Å². The second-order valence-corrected chi connectivity index (χ2v) is 3.80. The molecule has 6 nitrogen and oxygen atoms in total. The first-order valence-electron chi connectivity index (χ1n) is 5.08. The van der Waals surface area contributed by atoms with Crippen LogP contribution in [0.15, 0.2) is 18.2 Å². The molecular weight excluding hydrogens is 220 g/mol. The van der Waals surface area contributed by atoms with E-state index in [4.69, 9.17) is 17.2 Å². The van der Waals surface area contributed by atoms with E-state index in [1.807, 2.05) is 13.0 Å². The average molecular weight is 236 g/mol. The van der Waals surface area contributed by atoms with E-state index in [-0.39, 0.29) is 13.1 Å². The molecule has 0 saturated heterocycles. The largest absolute Gasteiger partial charge is 0.397 e. The third-order valence-electron chi connectivity index (χ3n) is 2.34. The van der Waals surface area contributed by atoms with Crippen LogP contribution in [0.3, 0.4) is 0 Å². The molecule has 0 aromatic heterocycles. The normalized spacial score (nSPS) is 9.94. The zero-order valence-electron chi connectivity index (χ0n) is 9.64. The zero-order chi connectivity index (χ0) is 13.0. The van der Waals surface area contributed by atoms with E-state index in [2.05, 4.69) is 0 Å². The highest BCUT2D eigenvalue weighted by Gasteiger charge is 2.15. The first-order chi connectivity index (χ1) is 7.91. The minimum Gasteiger partial charge on any atom is -0.397 e. The van der Waals surface area contributed by atoms with E-state index >= 15 is 0 Å². The molecule has 1 aromatic rings. The lowest BCUT2D eigenvalue weighted by atomic mass is 10.1. The fourth-order valence-electron chi connectivity index (χ4n) is 1.54. The highest BCUT2D eigenvalue weighted by atomic mass is 16.2. The Morgan fingerprint density at radius 1 is 1.18 bits per heavy atom. The second kappa shape index (κ2) is 5.20. The van der Waals surface area contributed by atoms with Crippen LogP contribution >= 0.6 is 0 Å². The summed E-state index contributed by atoms with van der Waals surface area (Å²) in [6.45, 7) is 1.64. The number of benzene rings is 1. The van der Waals surface area contributed by atoms with Crippen LogP contribution in [-0.4, -0.2) is 24.9 Å². The number of nitrogens with two attached hydrogens (primary N) is 3. The monoisotopic (exact) mass is 236 g/mol. The number of amides is 2. The molecule has 0 unspecified atom stereocenters. The van der Waals surface area contributed by atoms with Crippen molar-refractivity contribution in [3.05, 3.63) is 23.8 Å². The van der Waals surface area contributed by atoms with Crippen molar-refractivity contribution in [1.29, 1.82) is 0 Å². The quantitative estimate of drug-likeness (QED) is 0.589. The molecule has 2 amide bonds. The maximum atomic E-state index is 10.9. The van der Waals surface area contributed by atoms with Crippen molar-refractivity contribution >= 4 is 23.2 Å². The highest BCUT2D eigenvalue weighted by molar-refractivity contribution is 5.87. The molecule has 92 valence electrons. The maximum absolute atomic E-state index is 10.9. The molecule has 6 heteroatoms. The first-order valence-corrected chi connectivity index (χ1v) is 5.08. The molecule has 0 heterocycles. The lowest BCUT2D eigenvalue weighted by Crippen LogP contribution is -2.40. The number of rotatable bonds is 5. The Labute approximate surface area is 99.4 Å². The van der Waals surface area contributed by atoms with Crippen molar-refractivity contribution < 1.29 is 9.59 Å². The minimum atomic E-state index is -0.549. The summed E-state index contributed by atoms with van der Waals surface area (Å²) in [5.41, 5.74) is 18.1. The lowest BCUT2D eigenvalue weighted by molar-refractivity contribution is -0.117. The van der Waals surface area contributed by atoms with Gasteiger partial charge in [-0.1, -0.05) is 12.1 Å². The summed E-state index contributed by atoms with van der Waals surface area (Å²) in [5.74, 6) is -1.10. The van der Waals surface area contributed by atoms with Gasteiger partial charge in [-0.2, -0.15) is 0 Å². The molecule has 17 heavy (non-hydrogen) atoms. The van der Waals surface area contributed by atoms with Crippen molar-refractivity contribution in [3.63, 3.8) is 0 Å². The standard InChI is InChI=1S/C11H16N4O2/c1-7-3-2-4-8(11(7)14)15(5-9(12)16)6-10(13)17/h2-4H,5-6,14H2,1H3,(H2,12,16)(H2,13,17). The Morgan fingerprint density at radius 3 is 2.18 bits per heavy atom. The van der Waals surface area contributed by atoms with Gasteiger partial charge in [-0.25, -0.2) is 0 Å². The number of anilines is 2. The number of carbonyl (C=O) groups is 2. The number of hydrogen-bond donors (Lipinski definition) is 3. The van der Waals surface area contributed by atoms with Gasteiger partial charge < -0.3 is 22.1 Å². The van der Waals surface area contributed by atoms with E-state index in [1.165, 1.54) is 4.90 Å². The molecule has 0 aliphatic carbocycles. The Balaban J connectivity index is 3.07. The molecule has 0 aliphatic rings. The zero-order valence-corrected chi connectivity index (χ0v) is 9.64. The number of aryl methyl sites for hydroxylation is 1. The number of carbonyl (C=O) groups excluding carboxylic acids is 2. The van der Waals surface area contributed by atoms with Gasteiger partial charge in [0.25, 0.3) is 0 Å². The summed E-state index contributed by atoms with van der Waals surface area (Å²) in [5, 5.41) is 0. The van der Waals surface area contributed by atoms with Crippen LogP contribution < -0.4 is 22.1 Å². The molecule has 0 aliphatic heterocycles. The van der Waals surface area contributed by atoms with Gasteiger partial charge in [0.05, 0.1) is 24.5 Å². The van der Waals surface area contributed by atoms with E-state index < -0.39 is 11.8 Å². The van der Waals surface area contributed by atoms with Crippen LogP contribution in [0.5, 0.6) is 0 Å². The summed E-state index contributed by atoms with van der Waals surface area (Å²) in [7, 11) is 0. The molecule has 0 saturated carbocycles. The molecule has 6 N–H and O–H groups in total. The first kappa shape index (κ1) is 12.8. The minimum absolute atomic E-state index is 0.101.